The molecule has 0 fully saturated rings. The van der Waals surface area contributed by atoms with Crippen LogP contribution in [0, 0.1) is 5.92 Å². The second kappa shape index (κ2) is 14.4. The number of nitrogens with one attached hydrogen (secondary N) is 2. The second-order valence-electron chi connectivity index (χ2n) is 6.94. The van der Waals surface area contributed by atoms with Crippen molar-refractivity contribution >= 4 is 5.96 Å². The van der Waals surface area contributed by atoms with E-state index in [4.69, 9.17) is 14.5 Å². The van der Waals surface area contributed by atoms with Crippen LogP contribution >= 0.6 is 0 Å². The lowest BCUT2D eigenvalue weighted by Gasteiger charge is -2.18. The van der Waals surface area contributed by atoms with Crippen molar-refractivity contribution in [3.8, 4) is 5.75 Å². The summed E-state index contributed by atoms with van der Waals surface area (Å²) in [5.41, 5.74) is 2.07. The van der Waals surface area contributed by atoms with E-state index in [-0.39, 0.29) is 12.5 Å². The van der Waals surface area contributed by atoms with E-state index in [1.807, 2.05) is 49.4 Å². The third-order valence-corrected chi connectivity index (χ3v) is 4.58. The Morgan fingerprint density at radius 2 is 2.00 bits per heavy atom. The molecule has 1 unspecified atom stereocenters. The van der Waals surface area contributed by atoms with Gasteiger partial charge in [-0.1, -0.05) is 18.2 Å². The summed E-state index contributed by atoms with van der Waals surface area (Å²) in [4.78, 5) is 9.05. The first-order chi connectivity index (χ1) is 14.7. The van der Waals surface area contributed by atoms with E-state index in [1.54, 1.807) is 13.3 Å². The number of benzene rings is 1. The number of pyridine rings is 1. The van der Waals surface area contributed by atoms with E-state index in [0.29, 0.717) is 26.1 Å². The molecule has 0 radical (unpaired) electrons. The molecule has 0 aliphatic carbocycles. The molecule has 0 aliphatic rings. The van der Waals surface area contributed by atoms with Crippen LogP contribution in [-0.4, -0.2) is 56.1 Å². The number of rotatable bonds is 13. The van der Waals surface area contributed by atoms with Gasteiger partial charge in [-0.15, -0.1) is 0 Å². The Kier molecular flexibility index (Phi) is 11.3. The second-order valence-corrected chi connectivity index (χ2v) is 6.94. The Balaban J connectivity index is 1.92. The van der Waals surface area contributed by atoms with Gasteiger partial charge < -0.3 is 25.2 Å². The first-order valence-corrected chi connectivity index (χ1v) is 10.5. The first-order valence-electron chi connectivity index (χ1n) is 10.5. The molecular formula is C23H34N4O3. The van der Waals surface area contributed by atoms with Crippen LogP contribution in [0.15, 0.2) is 53.7 Å². The Morgan fingerprint density at radius 3 is 2.67 bits per heavy atom. The number of aliphatic hydroxyl groups is 1. The molecular weight excluding hydrogens is 380 g/mol. The third kappa shape index (κ3) is 9.24. The van der Waals surface area contributed by atoms with Crippen molar-refractivity contribution < 1.29 is 14.6 Å². The minimum Gasteiger partial charge on any atom is -0.497 e. The smallest absolute Gasteiger partial charge is 0.191 e. The van der Waals surface area contributed by atoms with Crippen molar-refractivity contribution in [3.63, 3.8) is 0 Å². The minimum absolute atomic E-state index is 0.0521. The van der Waals surface area contributed by atoms with Crippen LogP contribution in [0.4, 0.5) is 0 Å². The van der Waals surface area contributed by atoms with Crippen molar-refractivity contribution in [2.24, 2.45) is 10.9 Å². The van der Waals surface area contributed by atoms with Crippen molar-refractivity contribution in [1.82, 2.24) is 15.6 Å². The molecule has 1 aromatic heterocycles. The molecule has 7 heteroatoms. The zero-order valence-electron chi connectivity index (χ0n) is 18.0. The summed E-state index contributed by atoms with van der Waals surface area (Å²) < 4.78 is 10.6. The highest BCUT2D eigenvalue weighted by molar-refractivity contribution is 5.79. The number of guanidine groups is 1. The molecule has 1 heterocycles. The molecule has 0 spiro atoms. The maximum atomic E-state index is 9.77. The lowest BCUT2D eigenvalue weighted by atomic mass is 10.0. The monoisotopic (exact) mass is 414 g/mol. The van der Waals surface area contributed by atoms with E-state index in [1.165, 1.54) is 0 Å². The van der Waals surface area contributed by atoms with Crippen molar-refractivity contribution in [2.75, 3.05) is 40.0 Å². The van der Waals surface area contributed by atoms with Crippen molar-refractivity contribution in [2.45, 2.75) is 26.3 Å². The molecule has 3 N–H and O–H groups in total. The van der Waals surface area contributed by atoms with Crippen molar-refractivity contribution in [1.29, 1.82) is 0 Å². The normalized spacial score (nSPS) is 12.4. The van der Waals surface area contributed by atoms with E-state index in [0.717, 1.165) is 42.5 Å². The van der Waals surface area contributed by atoms with Crippen LogP contribution in [0.1, 0.15) is 24.6 Å². The van der Waals surface area contributed by atoms with E-state index >= 15 is 0 Å². The first kappa shape index (κ1) is 23.6. The number of hydrogen-bond donors (Lipinski definition) is 3. The number of ether oxygens (including phenoxy) is 2. The number of aliphatic hydroxyl groups excluding tert-OH is 1. The Bertz CT molecular complexity index is 723. The molecule has 164 valence electrons. The maximum absolute atomic E-state index is 9.77. The lowest BCUT2D eigenvalue weighted by Crippen LogP contribution is -2.41. The number of aliphatic imine (C=N–C) groups is 1. The molecule has 1 aromatic carbocycles. The number of aromatic nitrogens is 1. The molecule has 2 rings (SSSR count). The van der Waals surface area contributed by atoms with Gasteiger partial charge in [0, 0.05) is 50.7 Å². The van der Waals surface area contributed by atoms with Crippen LogP contribution in [0.25, 0.3) is 0 Å². The molecule has 0 aliphatic heterocycles. The average Bonchev–Trinajstić information content (AvgIpc) is 2.80. The molecule has 0 saturated heterocycles. The van der Waals surface area contributed by atoms with Gasteiger partial charge in [0.25, 0.3) is 0 Å². The largest absolute Gasteiger partial charge is 0.497 e. The quantitative estimate of drug-likeness (QED) is 0.265. The summed E-state index contributed by atoms with van der Waals surface area (Å²) >= 11 is 0. The zero-order valence-corrected chi connectivity index (χ0v) is 18.0. The average molecular weight is 415 g/mol. The van der Waals surface area contributed by atoms with Crippen LogP contribution in [0.5, 0.6) is 5.75 Å². The van der Waals surface area contributed by atoms with Gasteiger partial charge in [-0.2, -0.15) is 0 Å². The van der Waals surface area contributed by atoms with Crippen molar-refractivity contribution in [3.05, 3.63) is 59.9 Å². The predicted molar refractivity (Wildman–Crippen MR) is 120 cm³/mol. The zero-order chi connectivity index (χ0) is 21.4. The summed E-state index contributed by atoms with van der Waals surface area (Å²) in [6.45, 7) is 5.43. The molecule has 0 bridgehead atoms. The highest BCUT2D eigenvalue weighted by atomic mass is 16.5. The minimum atomic E-state index is 0.0521. The molecule has 7 nitrogen and oxygen atoms in total. The van der Waals surface area contributed by atoms with Gasteiger partial charge in [-0.05, 0) is 49.6 Å². The van der Waals surface area contributed by atoms with Gasteiger partial charge >= 0.3 is 0 Å². The SMILES string of the molecule is CCOCCCNC(=NCc1ccc(OC)cc1)NCC(CO)Cc1ccccn1. The maximum Gasteiger partial charge on any atom is 0.191 e. The van der Waals surface area contributed by atoms with Crippen LogP contribution in [0.3, 0.4) is 0 Å². The summed E-state index contributed by atoms with van der Waals surface area (Å²) in [5.74, 6) is 1.61. The predicted octanol–water partition coefficient (Wildman–Crippen LogP) is 2.40. The van der Waals surface area contributed by atoms with Gasteiger partial charge in [0.1, 0.15) is 5.75 Å². The van der Waals surface area contributed by atoms with Crippen LogP contribution in [-0.2, 0) is 17.7 Å². The fourth-order valence-electron chi connectivity index (χ4n) is 2.86. The fraction of sp³-hybridized carbons (Fsp3) is 0.478. The third-order valence-electron chi connectivity index (χ3n) is 4.58. The summed E-state index contributed by atoms with van der Waals surface area (Å²) in [5, 5.41) is 16.5. The van der Waals surface area contributed by atoms with Gasteiger partial charge in [-0.3, -0.25) is 4.98 Å². The lowest BCUT2D eigenvalue weighted by molar-refractivity contribution is 0.145. The Hall–Kier alpha value is -2.64. The standard InChI is InChI=1S/C23H34N4O3/c1-3-30-14-6-13-25-23(26-16-19-8-10-22(29-2)11-9-19)27-17-20(18-28)15-21-7-4-5-12-24-21/h4-5,7-12,20,28H,3,6,13-18H2,1-2H3,(H2,25,26,27). The summed E-state index contributed by atoms with van der Waals surface area (Å²) in [6, 6.07) is 13.7. The van der Waals surface area contributed by atoms with Crippen LogP contribution in [0.2, 0.25) is 0 Å². The van der Waals surface area contributed by atoms with E-state index < -0.39 is 0 Å². The molecule has 2 aromatic rings. The Morgan fingerprint density at radius 1 is 1.17 bits per heavy atom. The molecule has 30 heavy (non-hydrogen) atoms. The topological polar surface area (TPSA) is 88.0 Å². The van der Waals surface area contributed by atoms with Crippen LogP contribution < -0.4 is 15.4 Å². The van der Waals surface area contributed by atoms with Gasteiger partial charge in [0.15, 0.2) is 5.96 Å². The highest BCUT2D eigenvalue weighted by Crippen LogP contribution is 2.12. The number of nitrogens with zero attached hydrogens (tertiary/aromatic N) is 2. The highest BCUT2D eigenvalue weighted by Gasteiger charge is 2.10. The molecule has 0 amide bonds. The summed E-state index contributed by atoms with van der Waals surface area (Å²) in [7, 11) is 1.66. The van der Waals surface area contributed by atoms with Gasteiger partial charge in [-0.25, -0.2) is 4.99 Å². The summed E-state index contributed by atoms with van der Waals surface area (Å²) in [6.07, 6.45) is 3.38. The Labute approximate surface area is 179 Å². The fourth-order valence-corrected chi connectivity index (χ4v) is 2.86. The van der Waals surface area contributed by atoms with Gasteiger partial charge in [0.2, 0.25) is 0 Å². The number of hydrogen-bond acceptors (Lipinski definition) is 5. The van der Waals surface area contributed by atoms with E-state index in [2.05, 4.69) is 15.6 Å². The van der Waals surface area contributed by atoms with E-state index in [9.17, 15) is 5.11 Å². The molecule has 1 atom stereocenters. The number of methoxy groups -OCH3 is 1. The molecule has 0 saturated carbocycles. The van der Waals surface area contributed by atoms with Gasteiger partial charge in [0.05, 0.1) is 13.7 Å².